The zero-order valence-corrected chi connectivity index (χ0v) is 28.0. The van der Waals surface area contributed by atoms with E-state index in [-0.39, 0.29) is 0 Å². The maximum atomic E-state index is 2.49. The Morgan fingerprint density at radius 2 is 0.568 bits per heavy atom. The molecule has 0 N–H and O–H groups in total. The molecule has 2 heteroatoms. The Labute approximate surface area is 263 Å². The highest BCUT2D eigenvalue weighted by Gasteiger charge is 2.32. The number of fused-ring (bicyclic) bond motifs is 2. The van der Waals surface area contributed by atoms with Crippen molar-refractivity contribution in [2.75, 3.05) is 0 Å². The van der Waals surface area contributed by atoms with Gasteiger partial charge in [0.1, 0.15) is 16.1 Å². The predicted molar refractivity (Wildman–Crippen MR) is 199 cm³/mol. The minimum atomic E-state index is -2.00. The molecule has 7 aromatic carbocycles. The van der Waals surface area contributed by atoms with Crippen LogP contribution in [0.25, 0.3) is 43.8 Å². The summed E-state index contributed by atoms with van der Waals surface area (Å²) in [5.74, 6) is 0. The maximum absolute atomic E-state index is 2.49. The lowest BCUT2D eigenvalue weighted by atomic mass is 9.86. The predicted octanol–water partition coefficient (Wildman–Crippen LogP) is 8.97. The van der Waals surface area contributed by atoms with E-state index in [1.807, 2.05) is 0 Å². The van der Waals surface area contributed by atoms with Crippen molar-refractivity contribution in [3.8, 4) is 22.3 Å². The fraction of sp³-hybridized carbons (Fsp3) is 0.0952. The monoisotopic (exact) mass is 598 g/mol. The summed E-state index contributed by atoms with van der Waals surface area (Å²) in [4.78, 5) is 0. The van der Waals surface area contributed by atoms with E-state index in [0.717, 1.165) is 0 Å². The molecule has 0 heterocycles. The van der Waals surface area contributed by atoms with Crippen molar-refractivity contribution < 1.29 is 0 Å². The van der Waals surface area contributed by atoms with Crippen LogP contribution < -0.4 is 20.7 Å². The van der Waals surface area contributed by atoms with Gasteiger partial charge in [-0.2, -0.15) is 0 Å². The minimum Gasteiger partial charge on any atom is -0.0626 e. The lowest BCUT2D eigenvalue weighted by molar-refractivity contribution is 1.64. The van der Waals surface area contributed by atoms with E-state index in [4.69, 9.17) is 0 Å². The lowest BCUT2D eigenvalue weighted by Crippen LogP contribution is -2.53. The summed E-state index contributed by atoms with van der Waals surface area (Å²) in [5.41, 5.74) is 5.42. The third kappa shape index (κ3) is 4.66. The van der Waals surface area contributed by atoms with Crippen LogP contribution in [-0.2, 0) is 0 Å². The van der Waals surface area contributed by atoms with Gasteiger partial charge in [-0.1, -0.05) is 194 Å². The number of benzene rings is 7. The highest BCUT2D eigenvalue weighted by atomic mass is 28.3. The molecule has 7 rings (SSSR count). The molecule has 214 valence electrons. The van der Waals surface area contributed by atoms with Gasteiger partial charge in [0.15, 0.2) is 0 Å². The van der Waals surface area contributed by atoms with Gasteiger partial charge in [0.25, 0.3) is 0 Å². The van der Waals surface area contributed by atoms with Gasteiger partial charge in [0, 0.05) is 0 Å². The van der Waals surface area contributed by atoms with Crippen LogP contribution in [0.1, 0.15) is 0 Å². The molecular weight excluding hydrogens is 561 g/mol. The third-order valence-electron chi connectivity index (χ3n) is 9.66. The van der Waals surface area contributed by atoms with Crippen LogP contribution in [0.15, 0.2) is 158 Å². The Morgan fingerprint density at radius 3 is 0.909 bits per heavy atom. The molecule has 0 saturated carbocycles. The normalized spacial score (nSPS) is 12.1. The first-order chi connectivity index (χ1) is 21.4. The van der Waals surface area contributed by atoms with Gasteiger partial charge in [-0.3, -0.25) is 0 Å². The smallest absolute Gasteiger partial charge is 0.0626 e. The van der Waals surface area contributed by atoms with Crippen LogP contribution in [-0.4, -0.2) is 16.1 Å². The SMILES string of the molecule is C[Si](C)(c1ccccc1)c1ccccc1-c1c2ccccc2c(-c2ccccc2[Si](C)(C)c2ccccc2)c2ccccc12. The average molecular weight is 599 g/mol. The van der Waals surface area contributed by atoms with E-state index in [1.54, 1.807) is 0 Å². The standard InChI is InChI=1S/C42H38Si2/c1-43(2,31-19-7-5-8-20-31)39-29-17-15-27-37(39)41-33-23-11-13-25-35(33)42(36-26-14-12-24-34(36)41)38-28-16-18-30-40(38)44(3,4)32-21-9-6-10-22-32/h5-30H,1-4H3. The second-order valence-corrected chi connectivity index (χ2v) is 21.6. The molecule has 7 aromatic rings. The van der Waals surface area contributed by atoms with Crippen molar-refractivity contribution >= 4 is 58.4 Å². The van der Waals surface area contributed by atoms with Crippen LogP contribution in [0.5, 0.6) is 0 Å². The molecule has 0 radical (unpaired) electrons. The topological polar surface area (TPSA) is 0 Å². The van der Waals surface area contributed by atoms with Gasteiger partial charge < -0.3 is 0 Å². The van der Waals surface area contributed by atoms with Crippen LogP contribution in [0.2, 0.25) is 26.2 Å². The zero-order valence-electron chi connectivity index (χ0n) is 26.0. The highest BCUT2D eigenvalue weighted by Crippen LogP contribution is 2.43. The van der Waals surface area contributed by atoms with Gasteiger partial charge in [-0.25, -0.2) is 0 Å². The summed E-state index contributed by atoms with van der Waals surface area (Å²) < 4.78 is 0. The molecule has 0 aliphatic carbocycles. The van der Waals surface area contributed by atoms with Crippen LogP contribution in [0.3, 0.4) is 0 Å². The Bertz CT molecular complexity index is 1900. The molecule has 0 spiro atoms. The van der Waals surface area contributed by atoms with Gasteiger partial charge in [-0.15, -0.1) is 0 Å². The Morgan fingerprint density at radius 1 is 0.295 bits per heavy atom. The quantitative estimate of drug-likeness (QED) is 0.132. The van der Waals surface area contributed by atoms with E-state index in [2.05, 4.69) is 184 Å². The zero-order chi connectivity index (χ0) is 30.3. The summed E-state index contributed by atoms with van der Waals surface area (Å²) in [6.45, 7) is 9.97. The molecule has 0 bridgehead atoms. The van der Waals surface area contributed by atoms with E-state index >= 15 is 0 Å². The second kappa shape index (κ2) is 11.2. The van der Waals surface area contributed by atoms with Crippen molar-refractivity contribution in [3.63, 3.8) is 0 Å². The van der Waals surface area contributed by atoms with Crippen molar-refractivity contribution in [1.82, 2.24) is 0 Å². The molecule has 0 saturated heterocycles. The van der Waals surface area contributed by atoms with Gasteiger partial charge in [-0.05, 0) is 54.2 Å². The van der Waals surface area contributed by atoms with Crippen molar-refractivity contribution in [2.45, 2.75) is 26.2 Å². The van der Waals surface area contributed by atoms with Crippen molar-refractivity contribution in [3.05, 3.63) is 158 Å². The second-order valence-electron chi connectivity index (χ2n) is 12.9. The Kier molecular flexibility index (Phi) is 7.20. The molecule has 0 nitrogen and oxygen atoms in total. The van der Waals surface area contributed by atoms with E-state index < -0.39 is 16.1 Å². The third-order valence-corrected chi connectivity index (χ3v) is 16.8. The molecular formula is C42H38Si2. The summed E-state index contributed by atoms with van der Waals surface area (Å²) in [6, 6.07) is 58.8. The Hall–Kier alpha value is -4.51. The molecule has 0 amide bonds. The van der Waals surface area contributed by atoms with Crippen LogP contribution in [0.4, 0.5) is 0 Å². The Balaban J connectivity index is 1.56. The molecule has 0 atom stereocenters. The summed E-state index contributed by atoms with van der Waals surface area (Å²) in [5, 5.41) is 11.2. The van der Waals surface area contributed by atoms with Crippen LogP contribution >= 0.6 is 0 Å². The van der Waals surface area contributed by atoms with E-state index in [1.165, 1.54) is 64.5 Å². The average Bonchev–Trinajstić information content (AvgIpc) is 3.08. The number of hydrogen-bond donors (Lipinski definition) is 0. The van der Waals surface area contributed by atoms with Gasteiger partial charge in [0.2, 0.25) is 0 Å². The number of hydrogen-bond acceptors (Lipinski definition) is 0. The summed E-state index contributed by atoms with van der Waals surface area (Å²) in [6.07, 6.45) is 0. The lowest BCUT2D eigenvalue weighted by Gasteiger charge is -2.29. The minimum absolute atomic E-state index is 1.32. The van der Waals surface area contributed by atoms with Crippen molar-refractivity contribution in [2.24, 2.45) is 0 Å². The molecule has 0 aliphatic rings. The molecule has 44 heavy (non-hydrogen) atoms. The van der Waals surface area contributed by atoms with Crippen molar-refractivity contribution in [1.29, 1.82) is 0 Å². The van der Waals surface area contributed by atoms with E-state index in [9.17, 15) is 0 Å². The molecule has 0 aromatic heterocycles. The van der Waals surface area contributed by atoms with Gasteiger partial charge in [0.05, 0.1) is 0 Å². The van der Waals surface area contributed by atoms with Gasteiger partial charge >= 0.3 is 0 Å². The maximum Gasteiger partial charge on any atom is 0.113 e. The molecule has 0 aliphatic heterocycles. The summed E-state index contributed by atoms with van der Waals surface area (Å²) >= 11 is 0. The molecule has 0 fully saturated rings. The fourth-order valence-corrected chi connectivity index (χ4v) is 12.7. The van der Waals surface area contributed by atoms with E-state index in [0.29, 0.717) is 0 Å². The fourth-order valence-electron chi connectivity index (χ4n) is 7.22. The first kappa shape index (κ1) is 28.3. The highest BCUT2D eigenvalue weighted by molar-refractivity contribution is 7.01. The first-order valence-corrected chi connectivity index (χ1v) is 21.6. The number of rotatable bonds is 6. The molecule has 0 unspecified atom stereocenters. The summed E-state index contributed by atoms with van der Waals surface area (Å²) in [7, 11) is -4.00. The first-order valence-electron chi connectivity index (χ1n) is 15.6. The largest absolute Gasteiger partial charge is 0.113 e. The van der Waals surface area contributed by atoms with Crippen LogP contribution in [0, 0.1) is 0 Å².